The molecule has 2 heterocycles. The van der Waals surface area contributed by atoms with Gasteiger partial charge in [-0.05, 0) is 66.4 Å². The molecule has 33 heavy (non-hydrogen) atoms. The van der Waals surface area contributed by atoms with Gasteiger partial charge in [0.2, 0.25) is 6.29 Å². The number of ether oxygens (including phenoxy) is 2. The molecule has 0 radical (unpaired) electrons. The normalized spacial score (nSPS) is 17.4. The Balaban J connectivity index is 1.29. The number of fused-ring (bicyclic) bond motifs is 2. The lowest BCUT2D eigenvalue weighted by Gasteiger charge is -2.30. The van der Waals surface area contributed by atoms with Crippen molar-refractivity contribution < 1.29 is 28.9 Å². The van der Waals surface area contributed by atoms with Crippen LogP contribution in [0.15, 0.2) is 60.7 Å². The van der Waals surface area contributed by atoms with Gasteiger partial charge in [-0.2, -0.15) is 0 Å². The molecule has 1 aliphatic heterocycles. The van der Waals surface area contributed by atoms with E-state index in [2.05, 4.69) is 4.98 Å². The number of benzene rings is 3. The fourth-order valence-electron chi connectivity index (χ4n) is 3.99. The predicted molar refractivity (Wildman–Crippen MR) is 121 cm³/mol. The third-order valence-corrected chi connectivity index (χ3v) is 6.60. The minimum absolute atomic E-state index is 0.215. The van der Waals surface area contributed by atoms with E-state index in [0.717, 1.165) is 20.8 Å². The van der Waals surface area contributed by atoms with E-state index < -0.39 is 12.3 Å². The molecule has 2 atom stereocenters. The molecule has 0 aliphatic carbocycles. The van der Waals surface area contributed by atoms with Crippen LogP contribution in [-0.4, -0.2) is 27.5 Å². The first kappa shape index (κ1) is 21.4. The van der Waals surface area contributed by atoms with Crippen molar-refractivity contribution in [1.29, 1.82) is 0 Å². The number of carboxylic acids is 1. The molecule has 8 heteroatoms. The Morgan fingerprint density at radius 1 is 1.18 bits per heavy atom. The second-order valence-corrected chi connectivity index (χ2v) is 9.08. The quantitative estimate of drug-likeness (QED) is 0.424. The summed E-state index contributed by atoms with van der Waals surface area (Å²) < 4.78 is 25.9. The second kappa shape index (κ2) is 8.80. The Bertz CT molecular complexity index is 1340. The summed E-state index contributed by atoms with van der Waals surface area (Å²) in [6.45, 7) is 0.259. The van der Waals surface area contributed by atoms with Gasteiger partial charge in [0.15, 0.2) is 0 Å². The number of halogens is 1. The van der Waals surface area contributed by atoms with Crippen LogP contribution < -0.4 is 9.47 Å². The van der Waals surface area contributed by atoms with Gasteiger partial charge >= 0.3 is 5.97 Å². The topological polar surface area (TPSA) is 88.9 Å². The van der Waals surface area contributed by atoms with Gasteiger partial charge in [0.05, 0.1) is 15.8 Å². The zero-order valence-electron chi connectivity index (χ0n) is 17.4. The highest BCUT2D eigenvalue weighted by Gasteiger charge is 2.29. The Kier molecular flexibility index (Phi) is 5.70. The highest BCUT2D eigenvalue weighted by molar-refractivity contribution is 7.18. The molecule has 0 bridgehead atoms. The summed E-state index contributed by atoms with van der Waals surface area (Å²) in [5.74, 6) is -0.285. The van der Waals surface area contributed by atoms with Crippen molar-refractivity contribution in [2.45, 2.75) is 25.7 Å². The monoisotopic (exact) mass is 465 g/mol. The summed E-state index contributed by atoms with van der Waals surface area (Å²) in [7, 11) is 0. The van der Waals surface area contributed by atoms with Crippen LogP contribution >= 0.6 is 11.3 Å². The summed E-state index contributed by atoms with van der Waals surface area (Å²) >= 11 is 1.46. The Hall–Kier alpha value is -3.49. The number of aromatic nitrogens is 1. The summed E-state index contributed by atoms with van der Waals surface area (Å²) in [5, 5.41) is 20.4. The Morgan fingerprint density at radius 3 is 2.91 bits per heavy atom. The minimum Gasteiger partial charge on any atom is -0.486 e. The van der Waals surface area contributed by atoms with Crippen molar-refractivity contribution in [3.63, 3.8) is 0 Å². The van der Waals surface area contributed by atoms with Crippen LogP contribution in [-0.2, 0) is 19.4 Å². The lowest BCUT2D eigenvalue weighted by Crippen LogP contribution is -2.34. The third kappa shape index (κ3) is 4.67. The number of hydrogen-bond acceptors (Lipinski definition) is 6. The van der Waals surface area contributed by atoms with Gasteiger partial charge in [-0.25, -0.2) is 14.2 Å². The van der Waals surface area contributed by atoms with Crippen molar-refractivity contribution in [2.75, 3.05) is 0 Å². The molecule has 1 aromatic heterocycles. The standard InChI is InChI=1S/C25H20FNO5S/c26-18-4-7-22-20(12-18)27-23(33-22)13-31-19-5-6-21-16(11-19)10-17(25(30)32-21)9-14-2-1-3-15(8-14)24(28)29/h1-8,11-12,17,25,30H,9-10,13H2,(H,28,29)/t17-,25+/m1/s1. The third-order valence-electron chi connectivity index (χ3n) is 5.59. The zero-order chi connectivity index (χ0) is 22.9. The van der Waals surface area contributed by atoms with E-state index in [-0.39, 0.29) is 23.9 Å². The maximum Gasteiger partial charge on any atom is 0.335 e. The van der Waals surface area contributed by atoms with E-state index in [0.29, 0.717) is 29.9 Å². The predicted octanol–water partition coefficient (Wildman–Crippen LogP) is 4.82. The number of carboxylic acid groups (broad SMARTS) is 1. The number of aliphatic hydroxyl groups is 1. The van der Waals surface area contributed by atoms with Gasteiger partial charge in [0.1, 0.15) is 28.9 Å². The number of thiazole rings is 1. The van der Waals surface area contributed by atoms with E-state index in [1.54, 1.807) is 36.4 Å². The largest absolute Gasteiger partial charge is 0.486 e. The SMILES string of the molecule is O=C(O)c1cccc(C[C@@H]2Cc3cc(OCc4nc5cc(F)ccc5s4)ccc3O[C@@H]2O)c1. The smallest absolute Gasteiger partial charge is 0.335 e. The van der Waals surface area contributed by atoms with E-state index in [1.807, 2.05) is 12.1 Å². The highest BCUT2D eigenvalue weighted by atomic mass is 32.1. The number of rotatable bonds is 6. The maximum atomic E-state index is 13.4. The van der Waals surface area contributed by atoms with E-state index >= 15 is 0 Å². The maximum absolute atomic E-state index is 13.4. The summed E-state index contributed by atoms with van der Waals surface area (Å²) in [4.78, 5) is 15.7. The molecular formula is C25H20FNO5S. The molecule has 0 unspecified atom stereocenters. The number of aliphatic hydroxyl groups excluding tert-OH is 1. The van der Waals surface area contributed by atoms with Gasteiger partial charge in [-0.1, -0.05) is 12.1 Å². The van der Waals surface area contributed by atoms with Crippen LogP contribution in [0.5, 0.6) is 11.5 Å². The van der Waals surface area contributed by atoms with Gasteiger partial charge in [0.25, 0.3) is 0 Å². The second-order valence-electron chi connectivity index (χ2n) is 7.96. The first-order valence-electron chi connectivity index (χ1n) is 10.4. The van der Waals surface area contributed by atoms with Crippen LogP contribution in [0.3, 0.4) is 0 Å². The van der Waals surface area contributed by atoms with Crippen molar-refractivity contribution in [3.8, 4) is 11.5 Å². The van der Waals surface area contributed by atoms with Crippen LogP contribution in [0.4, 0.5) is 4.39 Å². The number of hydrogen-bond donors (Lipinski definition) is 2. The van der Waals surface area contributed by atoms with Gasteiger partial charge in [-0.3, -0.25) is 0 Å². The molecule has 4 aromatic rings. The fraction of sp³-hybridized carbons (Fsp3) is 0.200. The lowest BCUT2D eigenvalue weighted by molar-refractivity contribution is -0.0726. The van der Waals surface area contributed by atoms with Crippen molar-refractivity contribution in [2.24, 2.45) is 5.92 Å². The molecule has 2 N–H and O–H groups in total. The number of nitrogens with zero attached hydrogens (tertiary/aromatic N) is 1. The summed E-state index contributed by atoms with van der Waals surface area (Å²) in [6, 6.07) is 16.7. The average Bonchev–Trinajstić information content (AvgIpc) is 3.20. The fourth-order valence-corrected chi connectivity index (χ4v) is 4.85. The van der Waals surface area contributed by atoms with E-state index in [4.69, 9.17) is 9.47 Å². The zero-order valence-corrected chi connectivity index (χ0v) is 18.2. The molecule has 1 aliphatic rings. The molecular weight excluding hydrogens is 445 g/mol. The molecule has 0 saturated carbocycles. The average molecular weight is 466 g/mol. The van der Waals surface area contributed by atoms with E-state index in [1.165, 1.54) is 23.5 Å². The van der Waals surface area contributed by atoms with Crippen molar-refractivity contribution >= 4 is 27.5 Å². The summed E-state index contributed by atoms with van der Waals surface area (Å²) in [6.07, 6.45) is 0.0569. The number of carbonyl (C=O) groups is 1. The van der Waals surface area contributed by atoms with Crippen molar-refractivity contribution in [3.05, 3.63) is 88.2 Å². The van der Waals surface area contributed by atoms with Crippen LogP contribution in [0.1, 0.15) is 26.5 Å². The highest BCUT2D eigenvalue weighted by Crippen LogP contribution is 2.35. The van der Waals surface area contributed by atoms with Crippen LogP contribution in [0.25, 0.3) is 10.2 Å². The van der Waals surface area contributed by atoms with Gasteiger partial charge < -0.3 is 19.7 Å². The summed E-state index contributed by atoms with van der Waals surface area (Å²) in [5.41, 5.74) is 2.56. The Labute approximate surface area is 192 Å². The van der Waals surface area contributed by atoms with E-state index in [9.17, 15) is 19.4 Å². The first-order valence-corrected chi connectivity index (χ1v) is 11.2. The molecule has 6 nitrogen and oxygen atoms in total. The van der Waals surface area contributed by atoms with Crippen LogP contribution in [0, 0.1) is 11.7 Å². The number of aromatic carboxylic acids is 1. The first-order chi connectivity index (χ1) is 15.9. The Morgan fingerprint density at radius 2 is 2.06 bits per heavy atom. The molecule has 0 saturated heterocycles. The molecule has 0 fully saturated rings. The lowest BCUT2D eigenvalue weighted by atomic mass is 9.89. The van der Waals surface area contributed by atoms with Crippen molar-refractivity contribution in [1.82, 2.24) is 4.98 Å². The van der Waals surface area contributed by atoms with Gasteiger partial charge in [0, 0.05) is 12.0 Å². The molecule has 0 amide bonds. The minimum atomic E-state index is -0.985. The molecule has 0 spiro atoms. The molecule has 168 valence electrons. The van der Waals surface area contributed by atoms with Crippen LogP contribution in [0.2, 0.25) is 0 Å². The molecule has 5 rings (SSSR count). The van der Waals surface area contributed by atoms with Gasteiger partial charge in [-0.15, -0.1) is 11.3 Å². The molecule has 3 aromatic carbocycles.